The molecule has 2 heterocycles. The van der Waals surface area contributed by atoms with Crippen LogP contribution in [0.25, 0.3) is 0 Å². The van der Waals surface area contributed by atoms with Gasteiger partial charge in [-0.3, -0.25) is 5.41 Å². The molecule has 0 unspecified atom stereocenters. The molecule has 0 atom stereocenters. The molecule has 1 aliphatic heterocycles. The number of nitrogens with zero attached hydrogens (tertiary/aromatic N) is 2. The lowest BCUT2D eigenvalue weighted by atomic mass is 9.94. The van der Waals surface area contributed by atoms with Gasteiger partial charge in [-0.2, -0.15) is 0 Å². The fraction of sp³-hybridized carbons (Fsp3) is 0.500. The van der Waals surface area contributed by atoms with Gasteiger partial charge in [-0.25, -0.2) is 4.98 Å². The highest BCUT2D eigenvalue weighted by Gasteiger charge is 2.27. The molecule has 0 amide bonds. The first-order valence-electron chi connectivity index (χ1n) is 5.77. The van der Waals surface area contributed by atoms with Gasteiger partial charge in [0, 0.05) is 13.1 Å². The monoisotopic (exact) mass is 234 g/mol. The zero-order valence-corrected chi connectivity index (χ0v) is 9.98. The number of hydrogen-bond donors (Lipinski definition) is 3. The summed E-state index contributed by atoms with van der Waals surface area (Å²) in [4.78, 5) is 6.45. The van der Waals surface area contributed by atoms with Gasteiger partial charge >= 0.3 is 0 Å². The number of aromatic nitrogens is 1. The van der Waals surface area contributed by atoms with Crippen molar-refractivity contribution in [3.8, 4) is 0 Å². The van der Waals surface area contributed by atoms with Gasteiger partial charge in [-0.1, -0.05) is 6.07 Å². The molecule has 2 rings (SSSR count). The number of nitrogens with two attached hydrogens (primary N) is 1. The van der Waals surface area contributed by atoms with Gasteiger partial charge in [-0.15, -0.1) is 0 Å². The summed E-state index contributed by atoms with van der Waals surface area (Å²) in [6.45, 7) is 3.42. The maximum absolute atomic E-state index is 9.88. The van der Waals surface area contributed by atoms with Crippen molar-refractivity contribution >= 4 is 11.7 Å². The fourth-order valence-electron chi connectivity index (χ4n) is 1.97. The fourth-order valence-corrected chi connectivity index (χ4v) is 1.97. The lowest BCUT2D eigenvalue weighted by molar-refractivity contribution is 0.0350. The quantitative estimate of drug-likeness (QED) is 0.520. The van der Waals surface area contributed by atoms with Crippen molar-refractivity contribution in [3.05, 3.63) is 23.9 Å². The van der Waals surface area contributed by atoms with Crippen molar-refractivity contribution in [3.63, 3.8) is 0 Å². The van der Waals surface area contributed by atoms with Crippen LogP contribution in [0.3, 0.4) is 0 Å². The Labute approximate surface area is 101 Å². The van der Waals surface area contributed by atoms with E-state index in [-0.39, 0.29) is 5.84 Å². The van der Waals surface area contributed by atoms with E-state index in [1.807, 2.05) is 19.1 Å². The minimum atomic E-state index is -0.561. The van der Waals surface area contributed by atoms with Crippen LogP contribution in [-0.4, -0.2) is 34.6 Å². The van der Waals surface area contributed by atoms with Crippen LogP contribution in [0.15, 0.2) is 18.2 Å². The largest absolute Gasteiger partial charge is 0.390 e. The number of rotatable bonds is 2. The molecule has 0 radical (unpaired) electrons. The molecule has 0 saturated carbocycles. The van der Waals surface area contributed by atoms with E-state index < -0.39 is 5.60 Å². The van der Waals surface area contributed by atoms with Crippen molar-refractivity contribution in [1.82, 2.24) is 4.98 Å². The molecule has 92 valence electrons. The third-order valence-electron chi connectivity index (χ3n) is 3.17. The van der Waals surface area contributed by atoms with E-state index in [1.165, 1.54) is 0 Å². The number of amidine groups is 1. The average Bonchev–Trinajstić information content (AvgIpc) is 2.29. The number of pyridine rings is 1. The standard InChI is InChI=1S/C12H18N4O/c1-12(17)5-7-16(8-6-12)10-4-2-3-9(15-10)11(13)14/h2-4,17H,5-8H2,1H3,(H3,13,14). The van der Waals surface area contributed by atoms with Gasteiger partial charge in [0.05, 0.1) is 5.60 Å². The van der Waals surface area contributed by atoms with E-state index in [1.54, 1.807) is 6.07 Å². The molecule has 5 nitrogen and oxygen atoms in total. The van der Waals surface area contributed by atoms with E-state index in [0.29, 0.717) is 5.69 Å². The number of aliphatic hydroxyl groups is 1. The van der Waals surface area contributed by atoms with E-state index in [0.717, 1.165) is 31.7 Å². The lowest BCUT2D eigenvalue weighted by Gasteiger charge is -2.36. The predicted molar refractivity (Wildman–Crippen MR) is 67.3 cm³/mol. The van der Waals surface area contributed by atoms with E-state index >= 15 is 0 Å². The van der Waals surface area contributed by atoms with Gasteiger partial charge in [0.1, 0.15) is 17.3 Å². The minimum absolute atomic E-state index is 0.0177. The zero-order valence-electron chi connectivity index (χ0n) is 9.98. The van der Waals surface area contributed by atoms with Gasteiger partial charge < -0.3 is 15.7 Å². The summed E-state index contributed by atoms with van der Waals surface area (Å²) in [6, 6.07) is 5.49. The Bertz CT molecular complexity index is 420. The normalized spacial score (nSPS) is 19.1. The Morgan fingerprint density at radius 3 is 2.71 bits per heavy atom. The van der Waals surface area contributed by atoms with Crippen molar-refractivity contribution in [2.75, 3.05) is 18.0 Å². The highest BCUT2D eigenvalue weighted by atomic mass is 16.3. The van der Waals surface area contributed by atoms with Crippen LogP contribution in [0.1, 0.15) is 25.5 Å². The van der Waals surface area contributed by atoms with Crippen molar-refractivity contribution in [2.45, 2.75) is 25.4 Å². The highest BCUT2D eigenvalue weighted by molar-refractivity contribution is 5.93. The number of anilines is 1. The van der Waals surface area contributed by atoms with Crippen molar-refractivity contribution in [2.24, 2.45) is 5.73 Å². The first-order chi connectivity index (χ1) is 7.98. The Morgan fingerprint density at radius 2 is 2.12 bits per heavy atom. The second-order valence-electron chi connectivity index (χ2n) is 4.78. The Morgan fingerprint density at radius 1 is 1.47 bits per heavy atom. The summed E-state index contributed by atoms with van der Waals surface area (Å²) in [7, 11) is 0. The first-order valence-corrected chi connectivity index (χ1v) is 5.77. The Balaban J connectivity index is 2.13. The molecule has 1 aromatic heterocycles. The summed E-state index contributed by atoms with van der Waals surface area (Å²) in [5.41, 5.74) is 5.36. The molecule has 1 aromatic rings. The van der Waals surface area contributed by atoms with Crippen LogP contribution in [0.2, 0.25) is 0 Å². The highest BCUT2D eigenvalue weighted by Crippen LogP contribution is 2.24. The summed E-state index contributed by atoms with van der Waals surface area (Å²) in [6.07, 6.45) is 1.47. The summed E-state index contributed by atoms with van der Waals surface area (Å²) in [5, 5.41) is 17.2. The second kappa shape index (κ2) is 4.33. The maximum atomic E-state index is 9.88. The van der Waals surface area contributed by atoms with Crippen molar-refractivity contribution < 1.29 is 5.11 Å². The molecule has 0 spiro atoms. The Hall–Kier alpha value is -1.62. The van der Waals surface area contributed by atoms with Crippen LogP contribution >= 0.6 is 0 Å². The molecule has 0 bridgehead atoms. The molecular formula is C12H18N4O. The molecule has 0 aromatic carbocycles. The number of piperidine rings is 1. The van der Waals surface area contributed by atoms with E-state index in [9.17, 15) is 5.11 Å². The van der Waals surface area contributed by atoms with Gasteiger partial charge in [0.2, 0.25) is 0 Å². The number of nitrogen functional groups attached to an aromatic ring is 1. The smallest absolute Gasteiger partial charge is 0.141 e. The van der Waals surface area contributed by atoms with Gasteiger partial charge in [-0.05, 0) is 31.9 Å². The van der Waals surface area contributed by atoms with Crippen molar-refractivity contribution in [1.29, 1.82) is 5.41 Å². The minimum Gasteiger partial charge on any atom is -0.390 e. The topological polar surface area (TPSA) is 86.2 Å². The molecular weight excluding hydrogens is 216 g/mol. The third kappa shape index (κ3) is 2.74. The number of hydrogen-bond acceptors (Lipinski definition) is 4. The van der Waals surface area contributed by atoms with Crippen LogP contribution in [-0.2, 0) is 0 Å². The summed E-state index contributed by atoms with van der Waals surface area (Å²) >= 11 is 0. The molecule has 1 aliphatic rings. The first kappa shape index (κ1) is 11.9. The average molecular weight is 234 g/mol. The predicted octanol–water partition coefficient (Wildman–Crippen LogP) is 0.717. The number of nitrogens with one attached hydrogen (secondary N) is 1. The SMILES string of the molecule is CC1(O)CCN(c2cccc(C(=N)N)n2)CC1. The van der Waals surface area contributed by atoms with Gasteiger partial charge in [0.25, 0.3) is 0 Å². The third-order valence-corrected chi connectivity index (χ3v) is 3.17. The molecule has 4 N–H and O–H groups in total. The molecule has 5 heteroatoms. The summed E-state index contributed by atoms with van der Waals surface area (Å²) < 4.78 is 0. The van der Waals surface area contributed by atoms with E-state index in [2.05, 4.69) is 9.88 Å². The molecule has 0 aliphatic carbocycles. The van der Waals surface area contributed by atoms with E-state index in [4.69, 9.17) is 11.1 Å². The van der Waals surface area contributed by atoms with Crippen LogP contribution in [0, 0.1) is 5.41 Å². The zero-order chi connectivity index (χ0) is 12.5. The van der Waals surface area contributed by atoms with Crippen LogP contribution in [0.5, 0.6) is 0 Å². The Kier molecular flexibility index (Phi) is 3.02. The van der Waals surface area contributed by atoms with Crippen LogP contribution in [0.4, 0.5) is 5.82 Å². The second-order valence-corrected chi connectivity index (χ2v) is 4.78. The lowest BCUT2D eigenvalue weighted by Crippen LogP contribution is -2.42. The molecule has 1 saturated heterocycles. The maximum Gasteiger partial charge on any atom is 0.141 e. The molecule has 17 heavy (non-hydrogen) atoms. The molecule has 1 fully saturated rings. The van der Waals surface area contributed by atoms with Gasteiger partial charge in [0.15, 0.2) is 0 Å². The van der Waals surface area contributed by atoms with Crippen LogP contribution < -0.4 is 10.6 Å². The summed E-state index contributed by atoms with van der Waals surface area (Å²) in [5.74, 6) is 0.809.